The number of hydrogen-bond acceptors (Lipinski definition) is 6. The monoisotopic (exact) mass is 420 g/mol. The van der Waals surface area contributed by atoms with Crippen LogP contribution in [0.5, 0.6) is 0 Å². The van der Waals surface area contributed by atoms with Crippen molar-refractivity contribution in [2.24, 2.45) is 0 Å². The zero-order chi connectivity index (χ0) is 21.8. The van der Waals surface area contributed by atoms with Crippen molar-refractivity contribution in [1.82, 2.24) is 20.6 Å². The van der Waals surface area contributed by atoms with Crippen molar-refractivity contribution in [2.45, 2.75) is 32.9 Å². The Kier molecular flexibility index (Phi) is 6.08. The summed E-state index contributed by atoms with van der Waals surface area (Å²) in [6.07, 6.45) is 2.50. The standard InChI is InChI=1S/C23H25FN6O/c1-14(2)27-22(31)20-13-26-23(30-21(20)28-18-7-4-17(24)5-8-18)29-19-6-3-15-9-10-25-12-16(15)11-19/h3-8,11,13-14,25H,9-10,12H2,1-2H3,(H,27,31)(H2,26,28,29,30). The lowest BCUT2D eigenvalue weighted by Crippen LogP contribution is -2.31. The van der Waals surface area contributed by atoms with Gasteiger partial charge in [0.1, 0.15) is 17.2 Å². The molecular weight excluding hydrogens is 395 g/mol. The van der Waals surface area contributed by atoms with Gasteiger partial charge in [0.2, 0.25) is 5.95 Å². The van der Waals surface area contributed by atoms with Gasteiger partial charge in [-0.25, -0.2) is 9.37 Å². The van der Waals surface area contributed by atoms with Crippen LogP contribution in [-0.4, -0.2) is 28.5 Å². The van der Waals surface area contributed by atoms with Gasteiger partial charge in [0.25, 0.3) is 5.91 Å². The van der Waals surface area contributed by atoms with Gasteiger partial charge < -0.3 is 21.3 Å². The van der Waals surface area contributed by atoms with Gasteiger partial charge in [-0.05, 0) is 74.3 Å². The Morgan fingerprint density at radius 2 is 1.84 bits per heavy atom. The van der Waals surface area contributed by atoms with Gasteiger partial charge in [0.05, 0.1) is 0 Å². The third kappa shape index (κ3) is 5.16. The second-order valence-electron chi connectivity index (χ2n) is 7.75. The predicted molar refractivity (Wildman–Crippen MR) is 119 cm³/mol. The fraction of sp³-hybridized carbons (Fsp3) is 0.261. The summed E-state index contributed by atoms with van der Waals surface area (Å²) in [4.78, 5) is 21.5. The van der Waals surface area contributed by atoms with Gasteiger partial charge in [-0.2, -0.15) is 4.98 Å². The summed E-state index contributed by atoms with van der Waals surface area (Å²) in [7, 11) is 0. The van der Waals surface area contributed by atoms with Gasteiger partial charge in [0, 0.05) is 30.2 Å². The molecule has 1 aliphatic heterocycles. The van der Waals surface area contributed by atoms with Gasteiger partial charge in [-0.15, -0.1) is 0 Å². The third-order valence-corrected chi connectivity index (χ3v) is 4.91. The fourth-order valence-electron chi connectivity index (χ4n) is 3.40. The molecule has 0 radical (unpaired) electrons. The molecule has 0 saturated carbocycles. The van der Waals surface area contributed by atoms with Crippen LogP contribution in [0.4, 0.5) is 27.5 Å². The van der Waals surface area contributed by atoms with Crippen molar-refractivity contribution < 1.29 is 9.18 Å². The van der Waals surface area contributed by atoms with Crippen LogP contribution in [0.15, 0.2) is 48.7 Å². The van der Waals surface area contributed by atoms with Crippen molar-refractivity contribution in [3.05, 3.63) is 71.2 Å². The lowest BCUT2D eigenvalue weighted by Gasteiger charge is -2.18. The van der Waals surface area contributed by atoms with E-state index in [-0.39, 0.29) is 17.8 Å². The maximum Gasteiger partial charge on any atom is 0.256 e. The van der Waals surface area contributed by atoms with Crippen molar-refractivity contribution in [3.63, 3.8) is 0 Å². The summed E-state index contributed by atoms with van der Waals surface area (Å²) in [5, 5.41) is 12.5. The maximum absolute atomic E-state index is 13.3. The van der Waals surface area contributed by atoms with E-state index in [0.717, 1.165) is 25.2 Å². The number of carbonyl (C=O) groups is 1. The van der Waals surface area contributed by atoms with Crippen LogP contribution < -0.4 is 21.3 Å². The molecule has 0 saturated heterocycles. The number of amides is 1. The summed E-state index contributed by atoms with van der Waals surface area (Å²) >= 11 is 0. The molecule has 4 N–H and O–H groups in total. The predicted octanol–water partition coefficient (Wildman–Crippen LogP) is 3.89. The Morgan fingerprint density at radius 1 is 1.06 bits per heavy atom. The zero-order valence-electron chi connectivity index (χ0n) is 17.5. The van der Waals surface area contributed by atoms with Crippen LogP contribution in [0.3, 0.4) is 0 Å². The van der Waals surface area contributed by atoms with Crippen molar-refractivity contribution in [2.75, 3.05) is 17.2 Å². The number of carbonyl (C=O) groups excluding carboxylic acids is 1. The molecule has 0 aliphatic carbocycles. The number of aromatic nitrogens is 2. The number of hydrogen-bond donors (Lipinski definition) is 4. The first kappa shape index (κ1) is 20.7. The highest BCUT2D eigenvalue weighted by molar-refractivity contribution is 5.99. The molecule has 7 nitrogen and oxygen atoms in total. The molecule has 0 atom stereocenters. The topological polar surface area (TPSA) is 91.0 Å². The molecule has 1 aromatic heterocycles. The highest BCUT2D eigenvalue weighted by Gasteiger charge is 2.17. The number of anilines is 4. The average Bonchev–Trinajstić information content (AvgIpc) is 2.75. The Balaban J connectivity index is 1.62. The van der Waals surface area contributed by atoms with Crippen molar-refractivity contribution in [1.29, 1.82) is 0 Å². The van der Waals surface area contributed by atoms with Crippen LogP contribution in [0.25, 0.3) is 0 Å². The fourth-order valence-corrected chi connectivity index (χ4v) is 3.40. The van der Waals surface area contributed by atoms with E-state index in [1.54, 1.807) is 12.1 Å². The van der Waals surface area contributed by atoms with Crippen LogP contribution in [0.2, 0.25) is 0 Å². The quantitative estimate of drug-likeness (QED) is 0.484. The summed E-state index contributed by atoms with van der Waals surface area (Å²) in [5.74, 6) is 0.0672. The minimum absolute atomic E-state index is 0.0342. The molecule has 31 heavy (non-hydrogen) atoms. The lowest BCUT2D eigenvalue weighted by atomic mass is 10.0. The number of fused-ring (bicyclic) bond motifs is 1. The first-order chi connectivity index (χ1) is 15.0. The molecule has 160 valence electrons. The molecule has 0 spiro atoms. The van der Waals surface area contributed by atoms with E-state index in [9.17, 15) is 9.18 Å². The summed E-state index contributed by atoms with van der Waals surface area (Å²) < 4.78 is 13.3. The second-order valence-corrected chi connectivity index (χ2v) is 7.75. The normalized spacial score (nSPS) is 12.9. The van der Waals surface area contributed by atoms with Gasteiger partial charge in [0.15, 0.2) is 0 Å². The first-order valence-electron chi connectivity index (χ1n) is 10.3. The molecule has 1 amide bonds. The van der Waals surface area contributed by atoms with Gasteiger partial charge >= 0.3 is 0 Å². The molecule has 2 heterocycles. The SMILES string of the molecule is CC(C)NC(=O)c1cnc(Nc2ccc3c(c2)CNCC3)nc1Nc1ccc(F)cc1. The number of benzene rings is 2. The number of nitrogens with one attached hydrogen (secondary N) is 4. The molecule has 1 aliphatic rings. The first-order valence-corrected chi connectivity index (χ1v) is 10.3. The van der Waals surface area contributed by atoms with Crippen molar-refractivity contribution in [3.8, 4) is 0 Å². The number of halogens is 1. The lowest BCUT2D eigenvalue weighted by molar-refractivity contribution is 0.0943. The van der Waals surface area contributed by atoms with E-state index < -0.39 is 0 Å². The summed E-state index contributed by atoms with van der Waals surface area (Å²) in [5.41, 5.74) is 4.37. The Hall–Kier alpha value is -3.52. The van der Waals surface area contributed by atoms with Crippen LogP contribution >= 0.6 is 0 Å². The Labute approximate surface area is 180 Å². The molecule has 0 bridgehead atoms. The van der Waals surface area contributed by atoms with E-state index in [0.29, 0.717) is 23.0 Å². The summed E-state index contributed by atoms with van der Waals surface area (Å²) in [6.45, 7) is 5.58. The molecule has 0 fully saturated rings. The highest BCUT2D eigenvalue weighted by atomic mass is 19.1. The third-order valence-electron chi connectivity index (χ3n) is 4.91. The Bertz CT molecular complexity index is 1080. The average molecular weight is 420 g/mol. The van der Waals surface area contributed by atoms with Crippen LogP contribution in [-0.2, 0) is 13.0 Å². The number of nitrogens with zero attached hydrogens (tertiary/aromatic N) is 2. The van der Waals surface area contributed by atoms with E-state index in [2.05, 4.69) is 43.4 Å². The maximum atomic E-state index is 13.3. The molecule has 8 heteroatoms. The zero-order valence-corrected chi connectivity index (χ0v) is 17.5. The largest absolute Gasteiger partial charge is 0.350 e. The second kappa shape index (κ2) is 9.09. The highest BCUT2D eigenvalue weighted by Crippen LogP contribution is 2.24. The van der Waals surface area contributed by atoms with Crippen LogP contribution in [0, 0.1) is 5.82 Å². The van der Waals surface area contributed by atoms with Gasteiger partial charge in [-0.1, -0.05) is 6.07 Å². The van der Waals surface area contributed by atoms with Crippen molar-refractivity contribution >= 4 is 29.0 Å². The van der Waals surface area contributed by atoms with E-state index in [1.807, 2.05) is 19.9 Å². The van der Waals surface area contributed by atoms with E-state index >= 15 is 0 Å². The van der Waals surface area contributed by atoms with E-state index in [4.69, 9.17) is 0 Å². The molecular formula is C23H25FN6O. The number of rotatable bonds is 6. The molecule has 2 aromatic carbocycles. The smallest absolute Gasteiger partial charge is 0.256 e. The minimum Gasteiger partial charge on any atom is -0.350 e. The summed E-state index contributed by atoms with van der Waals surface area (Å²) in [6, 6.07) is 12.0. The Morgan fingerprint density at radius 3 is 2.61 bits per heavy atom. The molecule has 3 aromatic rings. The molecule has 4 rings (SSSR count). The van der Waals surface area contributed by atoms with Crippen LogP contribution in [0.1, 0.15) is 35.3 Å². The van der Waals surface area contributed by atoms with Gasteiger partial charge in [-0.3, -0.25) is 4.79 Å². The minimum atomic E-state index is -0.338. The molecule has 0 unspecified atom stereocenters. The van der Waals surface area contributed by atoms with E-state index in [1.165, 1.54) is 29.5 Å².